The first kappa shape index (κ1) is 21.2. The summed E-state index contributed by atoms with van der Waals surface area (Å²) in [6, 6.07) is 4.28. The number of alkyl halides is 3. The Hall–Kier alpha value is -2.49. The van der Waals surface area contributed by atoms with E-state index in [9.17, 15) is 18.0 Å². The molecule has 0 bridgehead atoms. The standard InChI is InChI=1S/C19H25F3N6O/c1-18(2,3)14-4-5-17(29)28(25-14)11-8-26-6-9-27(10-7-26)16-12-15(19(20,21)22)23-13-24-16/h4-5,12-13H,6-11H2,1-3H3. The largest absolute Gasteiger partial charge is 0.433 e. The van der Waals surface area contributed by atoms with E-state index in [4.69, 9.17) is 0 Å². The molecule has 0 unspecified atom stereocenters. The van der Waals surface area contributed by atoms with Crippen molar-refractivity contribution in [3.05, 3.63) is 46.3 Å². The molecule has 0 N–H and O–H groups in total. The summed E-state index contributed by atoms with van der Waals surface area (Å²) in [4.78, 5) is 23.4. The van der Waals surface area contributed by atoms with Crippen LogP contribution in [0.25, 0.3) is 0 Å². The third-order valence-electron chi connectivity index (χ3n) is 4.90. The van der Waals surface area contributed by atoms with Crippen molar-refractivity contribution in [2.24, 2.45) is 0 Å². The van der Waals surface area contributed by atoms with E-state index >= 15 is 0 Å². The third-order valence-corrected chi connectivity index (χ3v) is 4.90. The normalized spacial score (nSPS) is 16.3. The van der Waals surface area contributed by atoms with E-state index in [1.54, 1.807) is 12.1 Å². The number of aromatic nitrogens is 4. The van der Waals surface area contributed by atoms with E-state index in [0.29, 0.717) is 39.3 Å². The molecule has 10 heteroatoms. The number of nitrogens with zero attached hydrogens (tertiary/aromatic N) is 6. The molecule has 0 saturated carbocycles. The van der Waals surface area contributed by atoms with Crippen LogP contribution in [-0.4, -0.2) is 57.4 Å². The lowest BCUT2D eigenvalue weighted by atomic mass is 9.92. The smallest absolute Gasteiger partial charge is 0.354 e. The van der Waals surface area contributed by atoms with Gasteiger partial charge in [0.15, 0.2) is 0 Å². The molecule has 29 heavy (non-hydrogen) atoms. The second kappa shape index (κ2) is 8.10. The highest BCUT2D eigenvalue weighted by Gasteiger charge is 2.33. The molecule has 1 aliphatic heterocycles. The first-order chi connectivity index (χ1) is 13.5. The van der Waals surface area contributed by atoms with Gasteiger partial charge in [0.1, 0.15) is 17.8 Å². The minimum Gasteiger partial charge on any atom is -0.354 e. The molecule has 0 aromatic carbocycles. The zero-order valence-corrected chi connectivity index (χ0v) is 16.8. The van der Waals surface area contributed by atoms with E-state index in [1.165, 1.54) is 4.68 Å². The summed E-state index contributed by atoms with van der Waals surface area (Å²) in [6.45, 7) is 9.68. The van der Waals surface area contributed by atoms with Gasteiger partial charge in [-0.2, -0.15) is 18.3 Å². The highest BCUT2D eigenvalue weighted by Crippen LogP contribution is 2.29. The van der Waals surface area contributed by atoms with Gasteiger partial charge in [0.2, 0.25) is 0 Å². The number of halogens is 3. The van der Waals surface area contributed by atoms with Crippen molar-refractivity contribution in [1.82, 2.24) is 24.6 Å². The van der Waals surface area contributed by atoms with Crippen LogP contribution < -0.4 is 10.5 Å². The Bertz CT molecular complexity index is 898. The summed E-state index contributed by atoms with van der Waals surface area (Å²) >= 11 is 0. The third kappa shape index (κ3) is 5.31. The van der Waals surface area contributed by atoms with Gasteiger partial charge in [-0.1, -0.05) is 20.8 Å². The molecule has 1 fully saturated rings. The zero-order chi connectivity index (χ0) is 21.2. The maximum absolute atomic E-state index is 12.8. The van der Waals surface area contributed by atoms with Crippen LogP contribution >= 0.6 is 0 Å². The molecule has 3 heterocycles. The fourth-order valence-electron chi connectivity index (χ4n) is 3.12. The van der Waals surface area contributed by atoms with Crippen molar-refractivity contribution in [3.8, 4) is 0 Å². The summed E-state index contributed by atoms with van der Waals surface area (Å²) in [5.74, 6) is 0.280. The molecule has 0 amide bonds. The molecule has 0 spiro atoms. The van der Waals surface area contributed by atoms with E-state index < -0.39 is 11.9 Å². The van der Waals surface area contributed by atoms with E-state index in [0.717, 1.165) is 18.1 Å². The van der Waals surface area contributed by atoms with Crippen LogP contribution in [0.3, 0.4) is 0 Å². The number of hydrogen-bond donors (Lipinski definition) is 0. The van der Waals surface area contributed by atoms with Crippen molar-refractivity contribution in [2.45, 2.75) is 38.9 Å². The van der Waals surface area contributed by atoms with E-state index in [1.807, 2.05) is 25.7 Å². The topological polar surface area (TPSA) is 67.2 Å². The molecule has 0 radical (unpaired) electrons. The number of rotatable bonds is 4. The molecule has 1 aliphatic rings. The van der Waals surface area contributed by atoms with Crippen LogP contribution in [0.2, 0.25) is 0 Å². The predicted molar refractivity (Wildman–Crippen MR) is 103 cm³/mol. The van der Waals surface area contributed by atoms with Gasteiger partial charge in [-0.15, -0.1) is 0 Å². The zero-order valence-electron chi connectivity index (χ0n) is 16.8. The Labute approximate surface area is 167 Å². The minimum absolute atomic E-state index is 0.141. The molecule has 1 saturated heterocycles. The average molecular weight is 410 g/mol. The summed E-state index contributed by atoms with van der Waals surface area (Å²) in [6.07, 6.45) is -3.54. The fourth-order valence-corrected chi connectivity index (χ4v) is 3.12. The van der Waals surface area contributed by atoms with Gasteiger partial charge in [-0.3, -0.25) is 9.69 Å². The highest BCUT2D eigenvalue weighted by molar-refractivity contribution is 5.40. The van der Waals surface area contributed by atoms with Crippen LogP contribution in [0, 0.1) is 0 Å². The molecule has 158 valence electrons. The minimum atomic E-state index is -4.48. The van der Waals surface area contributed by atoms with Gasteiger partial charge in [-0.05, 0) is 6.07 Å². The number of piperazine rings is 1. The van der Waals surface area contributed by atoms with Crippen molar-refractivity contribution in [2.75, 3.05) is 37.6 Å². The Morgan fingerprint density at radius 1 is 0.966 bits per heavy atom. The first-order valence-corrected chi connectivity index (χ1v) is 9.49. The van der Waals surface area contributed by atoms with Gasteiger partial charge in [-0.25, -0.2) is 14.6 Å². The van der Waals surface area contributed by atoms with Crippen molar-refractivity contribution in [1.29, 1.82) is 0 Å². The maximum Gasteiger partial charge on any atom is 0.433 e. The Balaban J connectivity index is 1.58. The van der Waals surface area contributed by atoms with Crippen LogP contribution in [0.5, 0.6) is 0 Å². The molecule has 3 rings (SSSR count). The lowest BCUT2D eigenvalue weighted by Crippen LogP contribution is -2.48. The molecule has 0 atom stereocenters. The van der Waals surface area contributed by atoms with E-state index in [2.05, 4.69) is 20.0 Å². The first-order valence-electron chi connectivity index (χ1n) is 9.49. The van der Waals surface area contributed by atoms with Gasteiger partial charge < -0.3 is 4.90 Å². The van der Waals surface area contributed by atoms with Crippen molar-refractivity contribution >= 4 is 5.82 Å². The fraction of sp³-hybridized carbons (Fsp3) is 0.579. The molecule has 2 aromatic rings. The Morgan fingerprint density at radius 3 is 2.28 bits per heavy atom. The summed E-state index contributed by atoms with van der Waals surface area (Å²) in [7, 11) is 0. The van der Waals surface area contributed by atoms with Crippen LogP contribution in [0.15, 0.2) is 29.3 Å². The summed E-state index contributed by atoms with van der Waals surface area (Å²) in [5, 5.41) is 4.47. The summed E-state index contributed by atoms with van der Waals surface area (Å²) in [5.41, 5.74) is -0.369. The lowest BCUT2D eigenvalue weighted by molar-refractivity contribution is -0.141. The second-order valence-electron chi connectivity index (χ2n) is 8.12. The van der Waals surface area contributed by atoms with Crippen molar-refractivity contribution < 1.29 is 13.2 Å². The molecular weight excluding hydrogens is 385 g/mol. The monoisotopic (exact) mass is 410 g/mol. The quantitative estimate of drug-likeness (QED) is 0.770. The van der Waals surface area contributed by atoms with Crippen LogP contribution in [-0.2, 0) is 18.1 Å². The summed E-state index contributed by atoms with van der Waals surface area (Å²) < 4.78 is 40.0. The molecule has 7 nitrogen and oxygen atoms in total. The molecule has 0 aliphatic carbocycles. The van der Waals surface area contributed by atoms with Gasteiger partial charge >= 0.3 is 6.18 Å². The van der Waals surface area contributed by atoms with E-state index in [-0.39, 0.29) is 16.8 Å². The highest BCUT2D eigenvalue weighted by atomic mass is 19.4. The molecule has 2 aromatic heterocycles. The van der Waals surface area contributed by atoms with Gasteiger partial charge in [0.05, 0.1) is 12.2 Å². The Kier molecular flexibility index (Phi) is 5.92. The average Bonchev–Trinajstić information content (AvgIpc) is 2.66. The molecular formula is C19H25F3N6O. The maximum atomic E-state index is 12.8. The SMILES string of the molecule is CC(C)(C)c1ccc(=O)n(CCN2CCN(c3cc(C(F)(F)F)ncn3)CC2)n1. The van der Waals surface area contributed by atoms with Gasteiger partial charge in [0.25, 0.3) is 5.56 Å². The van der Waals surface area contributed by atoms with Crippen LogP contribution in [0.4, 0.5) is 19.0 Å². The van der Waals surface area contributed by atoms with Gasteiger partial charge in [0, 0.05) is 50.3 Å². The number of anilines is 1. The second-order valence-corrected chi connectivity index (χ2v) is 8.12. The lowest BCUT2D eigenvalue weighted by Gasteiger charge is -2.35. The Morgan fingerprint density at radius 2 is 1.66 bits per heavy atom. The van der Waals surface area contributed by atoms with Crippen LogP contribution in [0.1, 0.15) is 32.2 Å². The van der Waals surface area contributed by atoms with Crippen molar-refractivity contribution in [3.63, 3.8) is 0 Å². The number of hydrogen-bond acceptors (Lipinski definition) is 6. The predicted octanol–water partition coefficient (Wildman–Crippen LogP) is 2.17.